The third-order valence-electron chi connectivity index (χ3n) is 3.05. The van der Waals surface area contributed by atoms with Gasteiger partial charge in [0.1, 0.15) is 5.82 Å². The molecule has 0 bridgehead atoms. The van der Waals surface area contributed by atoms with Crippen LogP contribution in [-0.2, 0) is 5.88 Å². The molecule has 0 aliphatic carbocycles. The first-order valence-electron chi connectivity index (χ1n) is 6.75. The van der Waals surface area contributed by atoms with E-state index in [-0.39, 0.29) is 0 Å². The smallest absolute Gasteiger partial charge is 0.147 e. The summed E-state index contributed by atoms with van der Waals surface area (Å²) in [7, 11) is 0. The van der Waals surface area contributed by atoms with Crippen LogP contribution in [0, 0.1) is 5.92 Å². The van der Waals surface area contributed by atoms with Crippen LogP contribution in [0.3, 0.4) is 0 Å². The maximum atomic E-state index is 5.84. The van der Waals surface area contributed by atoms with Crippen molar-refractivity contribution < 1.29 is 0 Å². The summed E-state index contributed by atoms with van der Waals surface area (Å²) in [6.07, 6.45) is 5.82. The minimum Gasteiger partial charge on any atom is -0.352 e. The minimum absolute atomic E-state index is 0.416. The fourth-order valence-corrected chi connectivity index (χ4v) is 2.28. The van der Waals surface area contributed by atoms with E-state index in [9.17, 15) is 0 Å². The van der Waals surface area contributed by atoms with Gasteiger partial charge in [-0.15, -0.1) is 11.6 Å². The molecule has 0 spiro atoms. The maximum Gasteiger partial charge on any atom is 0.147 e. The highest BCUT2D eigenvalue weighted by molar-refractivity contribution is 6.16. The summed E-state index contributed by atoms with van der Waals surface area (Å²) in [6.45, 7) is 9.91. The lowest BCUT2D eigenvalue weighted by molar-refractivity contribution is 0.502. The van der Waals surface area contributed by atoms with Crippen LogP contribution < -0.4 is 4.90 Å². The first kappa shape index (κ1) is 15.2. The molecule has 1 heterocycles. The molecule has 0 saturated carbocycles. The van der Waals surface area contributed by atoms with Crippen LogP contribution in [0.5, 0.6) is 0 Å². The molecular formula is C14H24ClN3. The van der Waals surface area contributed by atoms with Crippen molar-refractivity contribution in [1.82, 2.24) is 9.97 Å². The fourth-order valence-electron chi connectivity index (χ4n) is 2.15. The molecule has 0 amide bonds. The molecule has 18 heavy (non-hydrogen) atoms. The lowest BCUT2D eigenvalue weighted by Gasteiger charge is -2.33. The molecule has 0 aliphatic rings. The molecule has 0 N–H and O–H groups in total. The second-order valence-electron chi connectivity index (χ2n) is 5.02. The Morgan fingerprint density at radius 2 is 1.89 bits per heavy atom. The highest BCUT2D eigenvalue weighted by Gasteiger charge is 2.18. The second-order valence-corrected chi connectivity index (χ2v) is 5.29. The monoisotopic (exact) mass is 269 g/mol. The molecule has 0 radical (unpaired) electrons. The summed E-state index contributed by atoms with van der Waals surface area (Å²) in [4.78, 5) is 11.2. The number of rotatable bonds is 7. The van der Waals surface area contributed by atoms with E-state index in [1.807, 2.05) is 6.20 Å². The van der Waals surface area contributed by atoms with Gasteiger partial charge in [0.05, 0.1) is 17.8 Å². The Morgan fingerprint density at radius 1 is 1.22 bits per heavy atom. The van der Waals surface area contributed by atoms with Gasteiger partial charge in [-0.1, -0.05) is 27.7 Å². The van der Waals surface area contributed by atoms with E-state index in [1.54, 1.807) is 6.20 Å². The lowest BCUT2D eigenvalue weighted by atomic mass is 10.1. The Morgan fingerprint density at radius 3 is 2.39 bits per heavy atom. The summed E-state index contributed by atoms with van der Waals surface area (Å²) in [6, 6.07) is 0.521. The van der Waals surface area contributed by atoms with E-state index in [2.05, 4.69) is 42.6 Å². The van der Waals surface area contributed by atoms with Gasteiger partial charge in [-0.3, -0.25) is 4.98 Å². The third kappa shape index (κ3) is 4.13. The minimum atomic E-state index is 0.416. The van der Waals surface area contributed by atoms with Crippen LogP contribution in [0.4, 0.5) is 5.82 Å². The van der Waals surface area contributed by atoms with Crippen LogP contribution in [0.1, 0.15) is 46.2 Å². The summed E-state index contributed by atoms with van der Waals surface area (Å²) < 4.78 is 0. The van der Waals surface area contributed by atoms with Gasteiger partial charge >= 0.3 is 0 Å². The van der Waals surface area contributed by atoms with Crippen molar-refractivity contribution in [2.75, 3.05) is 11.4 Å². The van der Waals surface area contributed by atoms with Crippen molar-refractivity contribution in [3.05, 3.63) is 18.1 Å². The van der Waals surface area contributed by atoms with Crippen molar-refractivity contribution in [1.29, 1.82) is 0 Å². The zero-order valence-corrected chi connectivity index (χ0v) is 12.6. The molecule has 1 aromatic heterocycles. The third-order valence-corrected chi connectivity index (χ3v) is 3.32. The van der Waals surface area contributed by atoms with Crippen molar-refractivity contribution in [2.24, 2.45) is 5.92 Å². The number of nitrogens with zero attached hydrogens (tertiary/aromatic N) is 3. The first-order valence-corrected chi connectivity index (χ1v) is 7.29. The predicted octanol–water partition coefficient (Wildman–Crippen LogP) is 3.87. The molecule has 4 heteroatoms. The molecular weight excluding hydrogens is 246 g/mol. The highest BCUT2D eigenvalue weighted by atomic mass is 35.5. The molecule has 3 nitrogen and oxygen atoms in total. The summed E-state index contributed by atoms with van der Waals surface area (Å²) in [5.74, 6) is 1.97. The zero-order chi connectivity index (χ0) is 13.5. The molecule has 0 aliphatic heterocycles. The van der Waals surface area contributed by atoms with E-state index >= 15 is 0 Å². The largest absolute Gasteiger partial charge is 0.352 e. The molecule has 0 unspecified atom stereocenters. The number of aromatic nitrogens is 2. The Bertz CT molecular complexity index is 351. The number of halogens is 1. The van der Waals surface area contributed by atoms with Crippen molar-refractivity contribution in [2.45, 2.75) is 52.5 Å². The first-order chi connectivity index (χ1) is 8.62. The number of hydrogen-bond donors (Lipinski definition) is 0. The van der Waals surface area contributed by atoms with Gasteiger partial charge in [0, 0.05) is 18.8 Å². The second kappa shape index (κ2) is 7.57. The van der Waals surface area contributed by atoms with Gasteiger partial charge in [0.15, 0.2) is 0 Å². The number of anilines is 1. The molecule has 0 fully saturated rings. The fraction of sp³-hybridized carbons (Fsp3) is 0.714. The molecule has 0 saturated heterocycles. The Hall–Kier alpha value is -0.830. The molecule has 0 atom stereocenters. The SMILES string of the molecule is CCC(CC)N(CC(C)C)c1cncc(CCl)n1. The average molecular weight is 270 g/mol. The number of alkyl halides is 1. The van der Waals surface area contributed by atoms with Crippen LogP contribution >= 0.6 is 11.6 Å². The Kier molecular flexibility index (Phi) is 6.41. The van der Waals surface area contributed by atoms with Crippen molar-refractivity contribution >= 4 is 17.4 Å². The Labute approximate surface area is 116 Å². The molecule has 1 aromatic rings. The molecule has 0 aromatic carbocycles. The standard InChI is InChI=1S/C14H24ClN3/c1-5-13(6-2)18(10-11(3)4)14-9-16-8-12(7-15)17-14/h8-9,11,13H,5-7,10H2,1-4H3. The van der Waals surface area contributed by atoms with Gasteiger partial charge in [-0.05, 0) is 18.8 Å². The van der Waals surface area contributed by atoms with Gasteiger partial charge in [-0.25, -0.2) is 4.98 Å². The van der Waals surface area contributed by atoms with Crippen molar-refractivity contribution in [3.8, 4) is 0 Å². The van der Waals surface area contributed by atoms with E-state index in [0.717, 1.165) is 30.9 Å². The lowest BCUT2D eigenvalue weighted by Crippen LogP contribution is -2.38. The van der Waals surface area contributed by atoms with Crippen LogP contribution in [0.15, 0.2) is 12.4 Å². The van der Waals surface area contributed by atoms with E-state index in [1.165, 1.54) is 0 Å². The van der Waals surface area contributed by atoms with E-state index in [4.69, 9.17) is 11.6 Å². The van der Waals surface area contributed by atoms with E-state index in [0.29, 0.717) is 17.8 Å². The average Bonchev–Trinajstić information content (AvgIpc) is 2.38. The summed E-state index contributed by atoms with van der Waals surface area (Å²) in [5, 5.41) is 0. The zero-order valence-electron chi connectivity index (χ0n) is 11.9. The highest BCUT2D eigenvalue weighted by Crippen LogP contribution is 2.19. The van der Waals surface area contributed by atoms with Crippen LogP contribution in [0.25, 0.3) is 0 Å². The molecule has 102 valence electrons. The summed E-state index contributed by atoms with van der Waals surface area (Å²) in [5.41, 5.74) is 0.842. The topological polar surface area (TPSA) is 29.0 Å². The van der Waals surface area contributed by atoms with E-state index < -0.39 is 0 Å². The van der Waals surface area contributed by atoms with Gasteiger partial charge < -0.3 is 4.90 Å². The van der Waals surface area contributed by atoms with Gasteiger partial charge in [0.25, 0.3) is 0 Å². The van der Waals surface area contributed by atoms with Crippen LogP contribution in [-0.4, -0.2) is 22.6 Å². The van der Waals surface area contributed by atoms with Gasteiger partial charge in [0.2, 0.25) is 0 Å². The summed E-state index contributed by atoms with van der Waals surface area (Å²) >= 11 is 5.84. The number of hydrogen-bond acceptors (Lipinski definition) is 3. The normalized spacial score (nSPS) is 11.3. The van der Waals surface area contributed by atoms with Gasteiger partial charge in [-0.2, -0.15) is 0 Å². The molecule has 1 rings (SSSR count). The Balaban J connectivity index is 2.99. The van der Waals surface area contributed by atoms with Crippen LogP contribution in [0.2, 0.25) is 0 Å². The van der Waals surface area contributed by atoms with Crippen molar-refractivity contribution in [3.63, 3.8) is 0 Å². The maximum absolute atomic E-state index is 5.84. The quantitative estimate of drug-likeness (QED) is 0.704. The predicted molar refractivity (Wildman–Crippen MR) is 78.1 cm³/mol.